The summed E-state index contributed by atoms with van der Waals surface area (Å²) in [6.45, 7) is 1.90. The largest absolute Gasteiger partial charge is 0.349 e. The second-order valence-electron chi connectivity index (χ2n) is 8.64. The van der Waals surface area contributed by atoms with Gasteiger partial charge in [-0.25, -0.2) is 13.3 Å². The van der Waals surface area contributed by atoms with Crippen molar-refractivity contribution in [1.29, 1.82) is 0 Å². The molecule has 3 aromatic rings. The van der Waals surface area contributed by atoms with Crippen molar-refractivity contribution in [2.24, 2.45) is 13.0 Å². The SMILES string of the molecule is CC(NC(=O)C1CCC(NS(=O)c2ccc(-c3cnn(C)c3)cc2)CC1)c1ccc(F)cc1. The Balaban J connectivity index is 1.25. The topological polar surface area (TPSA) is 76.0 Å². The molecule has 1 heterocycles. The lowest BCUT2D eigenvalue weighted by Crippen LogP contribution is -2.39. The van der Waals surface area contributed by atoms with Gasteiger partial charge < -0.3 is 5.32 Å². The van der Waals surface area contributed by atoms with E-state index in [1.165, 1.54) is 12.1 Å². The minimum absolute atomic E-state index is 0.0254. The van der Waals surface area contributed by atoms with Gasteiger partial charge in [-0.1, -0.05) is 24.3 Å². The fraction of sp³-hybridized carbons (Fsp3) is 0.360. The molecule has 0 bridgehead atoms. The molecule has 2 N–H and O–H groups in total. The molecule has 2 unspecified atom stereocenters. The number of benzene rings is 2. The first-order chi connectivity index (χ1) is 15.9. The molecule has 0 radical (unpaired) electrons. The minimum atomic E-state index is -1.30. The van der Waals surface area contributed by atoms with Crippen LogP contribution in [0.25, 0.3) is 11.1 Å². The van der Waals surface area contributed by atoms with Crippen molar-refractivity contribution in [2.75, 3.05) is 0 Å². The number of halogens is 1. The van der Waals surface area contributed by atoms with Gasteiger partial charge in [0.2, 0.25) is 5.91 Å². The molecule has 8 heteroatoms. The molecule has 0 aliphatic heterocycles. The van der Waals surface area contributed by atoms with E-state index in [9.17, 15) is 13.4 Å². The smallest absolute Gasteiger partial charge is 0.223 e. The maximum atomic E-state index is 13.1. The van der Waals surface area contributed by atoms with Crippen molar-refractivity contribution in [3.8, 4) is 11.1 Å². The van der Waals surface area contributed by atoms with Crippen LogP contribution < -0.4 is 10.0 Å². The van der Waals surface area contributed by atoms with E-state index in [0.29, 0.717) is 0 Å². The number of amides is 1. The van der Waals surface area contributed by atoms with E-state index in [1.807, 2.05) is 44.4 Å². The van der Waals surface area contributed by atoms with Gasteiger partial charge in [0.1, 0.15) is 16.8 Å². The second kappa shape index (κ2) is 10.4. The van der Waals surface area contributed by atoms with Crippen molar-refractivity contribution in [2.45, 2.75) is 49.6 Å². The third-order valence-corrected chi connectivity index (χ3v) is 7.45. The number of rotatable bonds is 7. The standard InChI is InChI=1S/C25H29FN4O2S/c1-17(18-3-9-22(26)10-4-18)28-25(31)20-5-11-23(12-6-20)29-33(32)24-13-7-19(8-14-24)21-15-27-30(2)16-21/h3-4,7-10,13-17,20,23,29H,5-6,11-12H2,1-2H3,(H,28,31). The van der Waals surface area contributed by atoms with Crippen LogP contribution in [0.5, 0.6) is 0 Å². The lowest BCUT2D eigenvalue weighted by Gasteiger charge is -2.29. The average molecular weight is 469 g/mol. The van der Waals surface area contributed by atoms with Gasteiger partial charge in [-0.05, 0) is 68.0 Å². The lowest BCUT2D eigenvalue weighted by atomic mass is 9.85. The van der Waals surface area contributed by atoms with Crippen molar-refractivity contribution < 1.29 is 13.4 Å². The Labute approximate surface area is 196 Å². The van der Waals surface area contributed by atoms with Crippen molar-refractivity contribution in [1.82, 2.24) is 19.8 Å². The molecule has 1 aliphatic carbocycles. The summed E-state index contributed by atoms with van der Waals surface area (Å²) < 4.78 is 30.9. The zero-order valence-electron chi connectivity index (χ0n) is 18.8. The summed E-state index contributed by atoms with van der Waals surface area (Å²) in [7, 11) is 0.576. The molecule has 0 saturated heterocycles. The highest BCUT2D eigenvalue weighted by Gasteiger charge is 2.28. The maximum Gasteiger partial charge on any atom is 0.223 e. The molecular formula is C25H29FN4O2S. The van der Waals surface area contributed by atoms with Crippen LogP contribution in [0.4, 0.5) is 4.39 Å². The van der Waals surface area contributed by atoms with Gasteiger partial charge in [0.05, 0.1) is 17.1 Å². The third kappa shape index (κ3) is 5.94. The first-order valence-electron chi connectivity index (χ1n) is 11.2. The van der Waals surface area contributed by atoms with Crippen LogP contribution in [0.15, 0.2) is 65.8 Å². The molecule has 1 aromatic heterocycles. The molecule has 4 rings (SSSR count). The molecule has 174 valence electrons. The van der Waals surface area contributed by atoms with Crippen molar-refractivity contribution >= 4 is 16.9 Å². The highest BCUT2D eigenvalue weighted by molar-refractivity contribution is 7.83. The van der Waals surface area contributed by atoms with E-state index < -0.39 is 11.0 Å². The summed E-state index contributed by atoms with van der Waals surface area (Å²) in [5.41, 5.74) is 2.93. The first kappa shape index (κ1) is 23.3. The highest BCUT2D eigenvalue weighted by Crippen LogP contribution is 2.27. The highest BCUT2D eigenvalue weighted by atomic mass is 32.2. The van der Waals surface area contributed by atoms with E-state index >= 15 is 0 Å². The molecule has 1 fully saturated rings. The Bertz CT molecular complexity index is 1110. The molecule has 6 nitrogen and oxygen atoms in total. The van der Waals surface area contributed by atoms with Gasteiger partial charge in [0, 0.05) is 30.8 Å². The van der Waals surface area contributed by atoms with Crippen LogP contribution >= 0.6 is 0 Å². The predicted octanol–water partition coefficient (Wildman–Crippen LogP) is 4.27. The quantitative estimate of drug-likeness (QED) is 0.544. The van der Waals surface area contributed by atoms with Crippen LogP contribution in [-0.4, -0.2) is 25.9 Å². The molecule has 33 heavy (non-hydrogen) atoms. The fourth-order valence-corrected chi connectivity index (χ4v) is 5.26. The second-order valence-corrected chi connectivity index (χ2v) is 9.89. The number of nitrogens with one attached hydrogen (secondary N) is 2. The Kier molecular flexibility index (Phi) is 7.35. The van der Waals surface area contributed by atoms with E-state index in [2.05, 4.69) is 15.1 Å². The van der Waals surface area contributed by atoms with Gasteiger partial charge in [-0.15, -0.1) is 0 Å². The number of aryl methyl sites for hydroxylation is 1. The number of carbonyl (C=O) groups excluding carboxylic acids is 1. The Morgan fingerprint density at radius 1 is 1.06 bits per heavy atom. The van der Waals surface area contributed by atoms with E-state index in [-0.39, 0.29) is 29.7 Å². The number of nitrogens with zero attached hydrogens (tertiary/aromatic N) is 2. The Morgan fingerprint density at radius 3 is 2.33 bits per heavy atom. The van der Waals surface area contributed by atoms with Crippen LogP contribution in [0.3, 0.4) is 0 Å². The fourth-order valence-electron chi connectivity index (χ4n) is 4.20. The molecular weight excluding hydrogens is 439 g/mol. The van der Waals surface area contributed by atoms with Gasteiger partial charge >= 0.3 is 0 Å². The minimum Gasteiger partial charge on any atom is -0.349 e. The molecule has 2 atom stereocenters. The zero-order valence-corrected chi connectivity index (χ0v) is 19.6. The van der Waals surface area contributed by atoms with Crippen LogP contribution in [0.2, 0.25) is 0 Å². The van der Waals surface area contributed by atoms with Crippen molar-refractivity contribution in [3.63, 3.8) is 0 Å². The lowest BCUT2D eigenvalue weighted by molar-refractivity contribution is -0.126. The van der Waals surface area contributed by atoms with Gasteiger partial charge in [-0.3, -0.25) is 9.48 Å². The summed E-state index contributed by atoms with van der Waals surface area (Å²) in [6.07, 6.45) is 6.83. The summed E-state index contributed by atoms with van der Waals surface area (Å²) in [5.74, 6) is -0.319. The molecule has 2 aromatic carbocycles. The molecule has 1 aliphatic rings. The molecule has 0 spiro atoms. The number of hydrogen-bond donors (Lipinski definition) is 2. The van der Waals surface area contributed by atoms with Crippen LogP contribution in [0.1, 0.15) is 44.2 Å². The summed E-state index contributed by atoms with van der Waals surface area (Å²) in [6, 6.07) is 13.8. The summed E-state index contributed by atoms with van der Waals surface area (Å²) in [5, 5.41) is 7.22. The average Bonchev–Trinajstić information content (AvgIpc) is 3.26. The Hall–Kier alpha value is -2.84. The summed E-state index contributed by atoms with van der Waals surface area (Å²) >= 11 is 0. The van der Waals surface area contributed by atoms with E-state index in [0.717, 1.165) is 47.3 Å². The van der Waals surface area contributed by atoms with Gasteiger partial charge in [-0.2, -0.15) is 5.10 Å². The third-order valence-electron chi connectivity index (χ3n) is 6.21. The number of hydrogen-bond acceptors (Lipinski definition) is 3. The molecule has 1 saturated carbocycles. The normalized spacial score (nSPS) is 20.2. The maximum absolute atomic E-state index is 13.1. The van der Waals surface area contributed by atoms with Gasteiger partial charge in [0.25, 0.3) is 0 Å². The van der Waals surface area contributed by atoms with Gasteiger partial charge in [0.15, 0.2) is 0 Å². The summed E-state index contributed by atoms with van der Waals surface area (Å²) in [4.78, 5) is 13.4. The number of aromatic nitrogens is 2. The number of carbonyl (C=O) groups is 1. The van der Waals surface area contributed by atoms with Crippen molar-refractivity contribution in [3.05, 3.63) is 72.3 Å². The van der Waals surface area contributed by atoms with Crippen LogP contribution in [-0.2, 0) is 22.8 Å². The molecule has 1 amide bonds. The zero-order chi connectivity index (χ0) is 23.4. The monoisotopic (exact) mass is 468 g/mol. The Morgan fingerprint density at radius 2 is 1.73 bits per heavy atom. The first-order valence-corrected chi connectivity index (χ1v) is 12.4. The predicted molar refractivity (Wildman–Crippen MR) is 127 cm³/mol. The van der Waals surface area contributed by atoms with E-state index in [1.54, 1.807) is 23.0 Å². The van der Waals surface area contributed by atoms with E-state index in [4.69, 9.17) is 0 Å². The van der Waals surface area contributed by atoms with Crippen LogP contribution in [0, 0.1) is 11.7 Å².